The normalized spacial score (nSPS) is 17.7. The third-order valence-electron chi connectivity index (χ3n) is 4.74. The topological polar surface area (TPSA) is 129 Å². The summed E-state index contributed by atoms with van der Waals surface area (Å²) in [7, 11) is 0. The molecule has 0 unspecified atom stereocenters. The molecule has 10 nitrogen and oxygen atoms in total. The largest absolute Gasteiger partial charge is 0.434 e. The van der Waals surface area contributed by atoms with Crippen LogP contribution >= 0.6 is 23.2 Å². The number of aromatic nitrogens is 2. The van der Waals surface area contributed by atoms with E-state index in [2.05, 4.69) is 41.0 Å². The lowest BCUT2D eigenvalue weighted by atomic mass is 9.84. The van der Waals surface area contributed by atoms with E-state index in [-0.39, 0.29) is 49.9 Å². The molecule has 1 saturated heterocycles. The minimum absolute atomic E-state index is 0.0475. The lowest BCUT2D eigenvalue weighted by molar-refractivity contribution is 0.248. The van der Waals surface area contributed by atoms with E-state index in [0.29, 0.717) is 5.69 Å². The van der Waals surface area contributed by atoms with Gasteiger partial charge in [-0.3, -0.25) is 4.79 Å². The number of amides is 2. The number of nitrogens with one attached hydrogen (secondary N) is 2. The zero-order chi connectivity index (χ0) is 22.5. The minimum atomic E-state index is -0.565. The number of anilines is 2. The number of halogens is 2. The maximum Gasteiger partial charge on any atom is 0.347 e. The fourth-order valence-electron chi connectivity index (χ4n) is 3.33. The van der Waals surface area contributed by atoms with Crippen LogP contribution in [0.25, 0.3) is 0 Å². The molecule has 2 amide bonds. The number of aromatic amines is 1. The van der Waals surface area contributed by atoms with Crippen molar-refractivity contribution >= 4 is 46.4 Å². The Labute approximate surface area is 187 Å². The number of ether oxygens (including phenoxy) is 1. The van der Waals surface area contributed by atoms with Crippen LogP contribution in [-0.2, 0) is 0 Å². The number of nitrogens with two attached hydrogens (primary N) is 1. The average Bonchev–Trinajstić information content (AvgIpc) is 2.66. The fraction of sp³-hybridized carbons (Fsp3) is 0.263. The zero-order valence-corrected chi connectivity index (χ0v) is 18.2. The quantitative estimate of drug-likeness (QED) is 0.638. The summed E-state index contributed by atoms with van der Waals surface area (Å²) in [5.41, 5.74) is 6.46. The first-order valence-corrected chi connectivity index (χ1v) is 9.96. The number of carbonyl (C=O) groups is 1. The molecule has 12 heteroatoms. The molecule has 0 atom stereocenters. The average molecular weight is 464 g/mol. The molecule has 1 aromatic carbocycles. The highest BCUT2D eigenvalue weighted by molar-refractivity contribution is 6.37. The molecule has 0 bridgehead atoms. The monoisotopic (exact) mass is 463 g/mol. The predicted molar refractivity (Wildman–Crippen MR) is 119 cm³/mol. The summed E-state index contributed by atoms with van der Waals surface area (Å²) in [5.74, 6) is 0.275. The number of hydrogen-bond donors (Lipinski definition) is 3. The van der Waals surface area contributed by atoms with Crippen molar-refractivity contribution in [1.82, 2.24) is 15.5 Å². The van der Waals surface area contributed by atoms with Gasteiger partial charge in [0.1, 0.15) is 5.69 Å². The van der Waals surface area contributed by atoms with E-state index in [1.807, 2.05) is 4.90 Å². The molecule has 2 aliphatic rings. The second-order valence-corrected chi connectivity index (χ2v) is 8.80. The van der Waals surface area contributed by atoms with Crippen LogP contribution in [0.2, 0.25) is 10.0 Å². The highest BCUT2D eigenvalue weighted by Crippen LogP contribution is 2.40. The number of urea groups is 1. The van der Waals surface area contributed by atoms with Gasteiger partial charge in [-0.1, -0.05) is 43.6 Å². The number of H-pyrrole nitrogens is 1. The van der Waals surface area contributed by atoms with Crippen LogP contribution in [0.1, 0.15) is 13.8 Å². The first-order chi connectivity index (χ1) is 14.5. The Hall–Kier alpha value is -3.24. The first kappa shape index (κ1) is 21.0. The van der Waals surface area contributed by atoms with Crippen molar-refractivity contribution in [3.05, 3.63) is 50.9 Å². The lowest BCUT2D eigenvalue weighted by Gasteiger charge is -2.46. The fourth-order valence-corrected chi connectivity index (χ4v) is 3.88. The molecular formula is C19H19Cl2N7O3. The van der Waals surface area contributed by atoms with Gasteiger partial charge in [0.25, 0.3) is 5.56 Å². The molecule has 2 aromatic rings. The molecule has 0 aliphatic carbocycles. The van der Waals surface area contributed by atoms with Crippen LogP contribution in [0.4, 0.5) is 16.2 Å². The maximum absolute atomic E-state index is 12.2. The Bertz CT molecular complexity index is 1160. The summed E-state index contributed by atoms with van der Waals surface area (Å²) in [6.45, 7) is 9.31. The van der Waals surface area contributed by atoms with E-state index in [9.17, 15) is 9.59 Å². The summed E-state index contributed by atoms with van der Waals surface area (Å²) in [6.07, 6.45) is 0. The summed E-state index contributed by atoms with van der Waals surface area (Å²) in [6, 6.07) is 3.85. The Morgan fingerprint density at radius 2 is 1.84 bits per heavy atom. The highest BCUT2D eigenvalue weighted by atomic mass is 35.5. The van der Waals surface area contributed by atoms with Gasteiger partial charge in [0, 0.05) is 19.2 Å². The van der Waals surface area contributed by atoms with Gasteiger partial charge >= 0.3 is 6.03 Å². The molecule has 31 heavy (non-hydrogen) atoms. The maximum atomic E-state index is 12.2. The summed E-state index contributed by atoms with van der Waals surface area (Å²) >= 11 is 12.7. The number of rotatable bonds is 4. The predicted octanol–water partition coefficient (Wildman–Crippen LogP) is 3.03. The van der Waals surface area contributed by atoms with Gasteiger partial charge in [0.2, 0.25) is 5.88 Å². The van der Waals surface area contributed by atoms with E-state index in [4.69, 9.17) is 33.7 Å². The van der Waals surface area contributed by atoms with Crippen molar-refractivity contribution in [1.29, 1.82) is 0 Å². The van der Waals surface area contributed by atoms with Crippen molar-refractivity contribution in [3.63, 3.8) is 0 Å². The molecule has 1 fully saturated rings. The molecule has 4 N–H and O–H groups in total. The van der Waals surface area contributed by atoms with Crippen molar-refractivity contribution in [2.24, 2.45) is 16.3 Å². The molecule has 0 spiro atoms. The number of hydrazone groups is 1. The lowest BCUT2D eigenvalue weighted by Crippen LogP contribution is -2.54. The molecular weight excluding hydrogens is 445 g/mol. The second kappa shape index (κ2) is 7.47. The molecule has 0 saturated carbocycles. The van der Waals surface area contributed by atoms with Crippen molar-refractivity contribution in [3.8, 4) is 11.6 Å². The molecule has 3 heterocycles. The highest BCUT2D eigenvalue weighted by Gasteiger charge is 2.35. The van der Waals surface area contributed by atoms with E-state index < -0.39 is 6.03 Å². The standard InChI is InChI=1S/C19H19Cl2N7O3/c1-9-16(22)26-28(18(30)23-9)10-4-11(20)15(12(21)5-10)31-14-6-13(17(29)25-24-14)27-7-19(2,3)8-27/h4-6H,1,7-8H2,2-3H3,(H2,22,26)(H,23,30)(H,25,29). The van der Waals surface area contributed by atoms with Crippen LogP contribution in [0, 0.1) is 5.41 Å². The Morgan fingerprint density at radius 1 is 1.19 bits per heavy atom. The van der Waals surface area contributed by atoms with Crippen LogP contribution in [0.15, 0.2) is 40.4 Å². The molecule has 0 radical (unpaired) electrons. The van der Waals surface area contributed by atoms with Gasteiger partial charge in [0.15, 0.2) is 11.6 Å². The van der Waals surface area contributed by atoms with Crippen molar-refractivity contribution < 1.29 is 9.53 Å². The van der Waals surface area contributed by atoms with Gasteiger partial charge in [-0.2, -0.15) is 5.01 Å². The Kier molecular flexibility index (Phi) is 5.06. The smallest absolute Gasteiger partial charge is 0.347 e. The second-order valence-electron chi connectivity index (χ2n) is 7.99. The van der Waals surface area contributed by atoms with Gasteiger partial charge in [-0.15, -0.1) is 10.2 Å². The van der Waals surface area contributed by atoms with E-state index in [1.54, 1.807) is 0 Å². The summed E-state index contributed by atoms with van der Waals surface area (Å²) in [5, 5.41) is 14.0. The number of nitrogens with zero attached hydrogens (tertiary/aromatic N) is 4. The Balaban J connectivity index is 1.61. The number of amidine groups is 1. The van der Waals surface area contributed by atoms with Crippen molar-refractivity contribution in [2.45, 2.75) is 13.8 Å². The molecule has 2 aliphatic heterocycles. The number of hydrogen-bond acceptors (Lipinski definition) is 7. The first-order valence-electron chi connectivity index (χ1n) is 9.20. The zero-order valence-electron chi connectivity index (χ0n) is 16.7. The van der Waals surface area contributed by atoms with Crippen LogP contribution < -0.4 is 31.3 Å². The van der Waals surface area contributed by atoms with E-state index >= 15 is 0 Å². The third kappa shape index (κ3) is 4.04. The van der Waals surface area contributed by atoms with Crippen molar-refractivity contribution in [2.75, 3.05) is 23.0 Å². The van der Waals surface area contributed by atoms with Crippen LogP contribution in [0.3, 0.4) is 0 Å². The van der Waals surface area contributed by atoms with E-state index in [0.717, 1.165) is 18.1 Å². The van der Waals surface area contributed by atoms with Gasteiger partial charge in [-0.05, 0) is 17.5 Å². The number of benzene rings is 1. The van der Waals surface area contributed by atoms with Gasteiger partial charge in [-0.25, -0.2) is 9.89 Å². The minimum Gasteiger partial charge on any atom is -0.434 e. The van der Waals surface area contributed by atoms with Crippen LogP contribution in [0.5, 0.6) is 11.6 Å². The Morgan fingerprint density at radius 3 is 2.45 bits per heavy atom. The molecule has 4 rings (SSSR count). The van der Waals surface area contributed by atoms with Gasteiger partial charge in [0.05, 0.1) is 21.4 Å². The summed E-state index contributed by atoms with van der Waals surface area (Å²) in [4.78, 5) is 26.3. The molecule has 162 valence electrons. The SMILES string of the molecule is C=C1NC(=O)N(c2cc(Cl)c(Oc3cc(N4CC(C)(C)C4)c(=O)[nH]n3)c(Cl)c2)N=C1N. The molecule has 1 aromatic heterocycles. The van der Waals surface area contributed by atoms with E-state index in [1.165, 1.54) is 18.2 Å². The third-order valence-corrected chi connectivity index (χ3v) is 5.30. The number of carbonyl (C=O) groups excluding carboxylic acids is 1. The van der Waals surface area contributed by atoms with Gasteiger partial charge < -0.3 is 20.7 Å². The van der Waals surface area contributed by atoms with Crippen LogP contribution in [-0.4, -0.2) is 35.2 Å². The summed E-state index contributed by atoms with van der Waals surface area (Å²) < 4.78 is 5.75.